The summed E-state index contributed by atoms with van der Waals surface area (Å²) < 4.78 is 5.07. The van der Waals surface area contributed by atoms with Crippen LogP contribution in [0.4, 0.5) is 5.69 Å². The standard InChI is InChI=1S/C18H26N2O3/c1-4-23-18(22)15-8-10-20(11-9-15)12-16(21)19-17-13(2)6-5-7-14(17)3/h5-7,15H,4,8-12H2,1-3H3,(H,19,21). The number of nitrogens with zero attached hydrogens (tertiary/aromatic N) is 1. The van der Waals surface area contributed by atoms with Crippen LogP contribution in [0, 0.1) is 19.8 Å². The molecule has 1 aliphatic rings. The molecule has 0 unspecified atom stereocenters. The van der Waals surface area contributed by atoms with Gasteiger partial charge in [0.2, 0.25) is 5.91 Å². The number of hydrogen-bond acceptors (Lipinski definition) is 4. The number of esters is 1. The number of anilines is 1. The summed E-state index contributed by atoms with van der Waals surface area (Å²) in [5.74, 6) is -0.128. The van der Waals surface area contributed by atoms with Crippen molar-refractivity contribution < 1.29 is 14.3 Å². The van der Waals surface area contributed by atoms with Crippen molar-refractivity contribution in [2.45, 2.75) is 33.6 Å². The zero-order valence-corrected chi connectivity index (χ0v) is 14.2. The van der Waals surface area contributed by atoms with E-state index in [9.17, 15) is 9.59 Å². The molecule has 2 rings (SSSR count). The van der Waals surface area contributed by atoms with Gasteiger partial charge in [-0.1, -0.05) is 18.2 Å². The predicted molar refractivity (Wildman–Crippen MR) is 90.3 cm³/mol. The van der Waals surface area contributed by atoms with E-state index in [4.69, 9.17) is 4.74 Å². The highest BCUT2D eigenvalue weighted by atomic mass is 16.5. The van der Waals surface area contributed by atoms with Crippen LogP contribution < -0.4 is 5.32 Å². The average molecular weight is 318 g/mol. The van der Waals surface area contributed by atoms with Crippen molar-refractivity contribution in [2.24, 2.45) is 5.92 Å². The van der Waals surface area contributed by atoms with Gasteiger partial charge in [-0.3, -0.25) is 14.5 Å². The van der Waals surface area contributed by atoms with E-state index < -0.39 is 0 Å². The highest BCUT2D eigenvalue weighted by Gasteiger charge is 2.26. The minimum Gasteiger partial charge on any atom is -0.466 e. The lowest BCUT2D eigenvalue weighted by Crippen LogP contribution is -2.41. The summed E-state index contributed by atoms with van der Waals surface area (Å²) in [5, 5.41) is 3.01. The molecule has 1 amide bonds. The third-order valence-electron chi connectivity index (χ3n) is 4.32. The van der Waals surface area contributed by atoms with E-state index in [0.717, 1.165) is 42.7 Å². The topological polar surface area (TPSA) is 58.6 Å². The maximum Gasteiger partial charge on any atom is 0.309 e. The van der Waals surface area contributed by atoms with Gasteiger partial charge in [-0.25, -0.2) is 0 Å². The van der Waals surface area contributed by atoms with Gasteiger partial charge in [0, 0.05) is 5.69 Å². The Hall–Kier alpha value is -1.88. The van der Waals surface area contributed by atoms with Crippen LogP contribution >= 0.6 is 0 Å². The summed E-state index contributed by atoms with van der Waals surface area (Å²) in [6.07, 6.45) is 1.52. The number of aryl methyl sites for hydroxylation is 2. The highest BCUT2D eigenvalue weighted by molar-refractivity contribution is 5.93. The Balaban J connectivity index is 1.82. The van der Waals surface area contributed by atoms with Crippen LogP contribution in [0.2, 0.25) is 0 Å². The number of benzene rings is 1. The van der Waals surface area contributed by atoms with Gasteiger partial charge in [0.1, 0.15) is 0 Å². The van der Waals surface area contributed by atoms with Gasteiger partial charge in [-0.2, -0.15) is 0 Å². The van der Waals surface area contributed by atoms with Gasteiger partial charge < -0.3 is 10.1 Å². The lowest BCUT2D eigenvalue weighted by atomic mass is 9.97. The molecular weight excluding hydrogens is 292 g/mol. The van der Waals surface area contributed by atoms with E-state index in [-0.39, 0.29) is 17.8 Å². The van der Waals surface area contributed by atoms with E-state index in [1.165, 1.54) is 0 Å². The van der Waals surface area contributed by atoms with Gasteiger partial charge in [0.15, 0.2) is 0 Å². The summed E-state index contributed by atoms with van der Waals surface area (Å²) in [6.45, 7) is 8.11. The minimum absolute atomic E-state index is 0.00279. The van der Waals surface area contributed by atoms with Crippen molar-refractivity contribution >= 4 is 17.6 Å². The molecule has 0 spiro atoms. The van der Waals surface area contributed by atoms with Crippen LogP contribution in [0.15, 0.2) is 18.2 Å². The third-order valence-corrected chi connectivity index (χ3v) is 4.32. The Labute approximate surface area is 138 Å². The number of hydrogen-bond donors (Lipinski definition) is 1. The van der Waals surface area contributed by atoms with Gasteiger partial charge >= 0.3 is 5.97 Å². The summed E-state index contributed by atoms with van der Waals surface area (Å²) in [4.78, 5) is 26.1. The zero-order chi connectivity index (χ0) is 16.8. The van der Waals surface area contributed by atoms with Gasteiger partial charge in [0.05, 0.1) is 19.1 Å². The first-order chi connectivity index (χ1) is 11.0. The molecular formula is C18H26N2O3. The average Bonchev–Trinajstić information content (AvgIpc) is 2.52. The summed E-state index contributed by atoms with van der Waals surface area (Å²) >= 11 is 0. The number of rotatable bonds is 5. The first-order valence-electron chi connectivity index (χ1n) is 8.26. The van der Waals surface area contributed by atoms with Crippen LogP contribution in [0.25, 0.3) is 0 Å². The quantitative estimate of drug-likeness (QED) is 0.848. The molecule has 0 aliphatic carbocycles. The van der Waals surface area contributed by atoms with Crippen molar-refractivity contribution in [3.8, 4) is 0 Å². The Bertz CT molecular complexity index is 543. The molecule has 1 N–H and O–H groups in total. The van der Waals surface area contributed by atoms with Crippen molar-refractivity contribution in [2.75, 3.05) is 31.6 Å². The first kappa shape index (κ1) is 17.5. The second-order valence-electron chi connectivity index (χ2n) is 6.12. The van der Waals surface area contributed by atoms with Crippen molar-refractivity contribution in [3.63, 3.8) is 0 Å². The second-order valence-corrected chi connectivity index (χ2v) is 6.12. The zero-order valence-electron chi connectivity index (χ0n) is 14.2. The fraction of sp³-hybridized carbons (Fsp3) is 0.556. The largest absolute Gasteiger partial charge is 0.466 e. The number of ether oxygens (including phenoxy) is 1. The van der Waals surface area contributed by atoms with E-state index >= 15 is 0 Å². The normalized spacial score (nSPS) is 16.1. The van der Waals surface area contributed by atoms with Crippen LogP contribution in [-0.2, 0) is 14.3 Å². The van der Waals surface area contributed by atoms with E-state index in [1.54, 1.807) is 0 Å². The van der Waals surface area contributed by atoms with Crippen molar-refractivity contribution in [3.05, 3.63) is 29.3 Å². The molecule has 0 aromatic heterocycles. The smallest absolute Gasteiger partial charge is 0.309 e. The van der Waals surface area contributed by atoms with Crippen molar-refractivity contribution in [1.82, 2.24) is 4.90 Å². The molecule has 1 saturated heterocycles. The predicted octanol–water partition coefficient (Wildman–Crippen LogP) is 2.52. The molecule has 0 saturated carbocycles. The molecule has 1 aromatic rings. The molecule has 5 nitrogen and oxygen atoms in total. The van der Waals surface area contributed by atoms with Crippen LogP contribution in [-0.4, -0.2) is 43.0 Å². The summed E-state index contributed by atoms with van der Waals surface area (Å²) in [6, 6.07) is 5.97. The molecule has 1 fully saturated rings. The molecule has 0 atom stereocenters. The molecule has 0 bridgehead atoms. The second kappa shape index (κ2) is 8.11. The fourth-order valence-electron chi connectivity index (χ4n) is 2.98. The lowest BCUT2D eigenvalue weighted by molar-refractivity contribution is -0.149. The molecule has 0 radical (unpaired) electrons. The fourth-order valence-corrected chi connectivity index (χ4v) is 2.98. The van der Waals surface area contributed by atoms with Crippen LogP contribution in [0.1, 0.15) is 30.9 Å². The molecule has 1 heterocycles. The number of para-hydroxylation sites is 1. The monoisotopic (exact) mass is 318 g/mol. The van der Waals surface area contributed by atoms with Crippen LogP contribution in [0.3, 0.4) is 0 Å². The number of likely N-dealkylation sites (tertiary alicyclic amines) is 1. The lowest BCUT2D eigenvalue weighted by Gasteiger charge is -2.30. The van der Waals surface area contributed by atoms with E-state index in [0.29, 0.717) is 13.2 Å². The molecule has 1 aliphatic heterocycles. The summed E-state index contributed by atoms with van der Waals surface area (Å²) in [7, 11) is 0. The Morgan fingerprint density at radius 3 is 2.39 bits per heavy atom. The molecule has 126 valence electrons. The number of nitrogens with one attached hydrogen (secondary N) is 1. The molecule has 5 heteroatoms. The minimum atomic E-state index is -0.105. The van der Waals surface area contributed by atoms with Crippen LogP contribution in [0.5, 0.6) is 0 Å². The van der Waals surface area contributed by atoms with Gasteiger partial charge in [-0.05, 0) is 57.8 Å². The van der Waals surface area contributed by atoms with Gasteiger partial charge in [0.25, 0.3) is 0 Å². The Morgan fingerprint density at radius 2 is 1.83 bits per heavy atom. The molecule has 1 aromatic carbocycles. The Morgan fingerprint density at radius 1 is 1.22 bits per heavy atom. The first-order valence-corrected chi connectivity index (χ1v) is 8.26. The van der Waals surface area contributed by atoms with E-state index in [1.807, 2.05) is 39.0 Å². The van der Waals surface area contributed by atoms with E-state index in [2.05, 4.69) is 10.2 Å². The maximum atomic E-state index is 12.3. The number of carbonyl (C=O) groups excluding carboxylic acids is 2. The Kier molecular flexibility index (Phi) is 6.16. The number of piperidine rings is 1. The number of carbonyl (C=O) groups is 2. The summed E-state index contributed by atoms with van der Waals surface area (Å²) in [5.41, 5.74) is 3.04. The third kappa shape index (κ3) is 4.79. The number of amides is 1. The van der Waals surface area contributed by atoms with Gasteiger partial charge in [-0.15, -0.1) is 0 Å². The maximum absolute atomic E-state index is 12.3. The SMILES string of the molecule is CCOC(=O)C1CCN(CC(=O)Nc2c(C)cccc2C)CC1. The van der Waals surface area contributed by atoms with Crippen molar-refractivity contribution in [1.29, 1.82) is 0 Å². The highest BCUT2D eigenvalue weighted by Crippen LogP contribution is 2.21. The molecule has 23 heavy (non-hydrogen) atoms.